The van der Waals surface area contributed by atoms with Crippen LogP contribution in [-0.4, -0.2) is 43.9 Å². The van der Waals surface area contributed by atoms with Gasteiger partial charge in [-0.3, -0.25) is 0 Å². The summed E-state index contributed by atoms with van der Waals surface area (Å²) >= 11 is 0. The van der Waals surface area contributed by atoms with Gasteiger partial charge in [0.25, 0.3) is 0 Å². The average Bonchev–Trinajstić information content (AvgIpc) is 2.44. The number of amides is 2. The molecule has 1 rings (SSSR count). The van der Waals surface area contributed by atoms with E-state index >= 15 is 0 Å². The fraction of sp³-hybridized carbons (Fsp3) is 0.500. The highest BCUT2D eigenvalue weighted by molar-refractivity contribution is 5.74. The van der Waals surface area contributed by atoms with E-state index in [1.807, 2.05) is 25.2 Å². The molecule has 0 aliphatic rings. The van der Waals surface area contributed by atoms with Crippen molar-refractivity contribution in [1.82, 2.24) is 10.6 Å². The van der Waals surface area contributed by atoms with Crippen molar-refractivity contribution in [3.8, 4) is 0 Å². The van der Waals surface area contributed by atoms with Crippen molar-refractivity contribution in [3.63, 3.8) is 0 Å². The normalized spacial score (nSPS) is 11.7. The number of rotatable bonds is 7. The Morgan fingerprint density at radius 1 is 1.37 bits per heavy atom. The first kappa shape index (κ1) is 15.3. The molecule has 3 N–H and O–H groups in total. The van der Waals surface area contributed by atoms with Crippen molar-refractivity contribution in [2.75, 3.05) is 31.6 Å². The summed E-state index contributed by atoms with van der Waals surface area (Å²) in [5.41, 5.74) is 1.17. The molecule has 0 bridgehead atoms. The van der Waals surface area contributed by atoms with Gasteiger partial charge in [-0.2, -0.15) is 0 Å². The Kier molecular flexibility index (Phi) is 6.74. The standard InChI is InChI=1S/C14H23N3O2/c1-12(11-18)16-14(19)15-9-6-10-17(2)13-7-4-3-5-8-13/h3-5,7-8,12,18H,6,9-11H2,1-2H3,(H2,15,16,19)/t12-/m0/s1. The molecular formula is C14H23N3O2. The minimum Gasteiger partial charge on any atom is -0.394 e. The van der Waals surface area contributed by atoms with Crippen molar-refractivity contribution in [2.24, 2.45) is 0 Å². The van der Waals surface area contributed by atoms with Gasteiger partial charge in [0.15, 0.2) is 0 Å². The lowest BCUT2D eigenvalue weighted by Crippen LogP contribution is -2.43. The number of aliphatic hydroxyl groups excluding tert-OH is 1. The number of hydrogen-bond donors (Lipinski definition) is 3. The maximum atomic E-state index is 11.4. The Hall–Kier alpha value is -1.75. The second-order valence-corrected chi connectivity index (χ2v) is 4.59. The van der Waals surface area contributed by atoms with Crippen molar-refractivity contribution in [3.05, 3.63) is 30.3 Å². The first-order chi connectivity index (χ1) is 9.13. The average molecular weight is 265 g/mol. The van der Waals surface area contributed by atoms with Crippen molar-refractivity contribution in [2.45, 2.75) is 19.4 Å². The van der Waals surface area contributed by atoms with Gasteiger partial charge in [0.05, 0.1) is 12.6 Å². The van der Waals surface area contributed by atoms with Crippen molar-refractivity contribution < 1.29 is 9.90 Å². The Labute approximate surface area is 114 Å². The number of aliphatic hydroxyl groups is 1. The third-order valence-corrected chi connectivity index (χ3v) is 2.80. The number of para-hydroxylation sites is 1. The van der Waals surface area contributed by atoms with E-state index < -0.39 is 0 Å². The van der Waals surface area contributed by atoms with Crippen LogP contribution < -0.4 is 15.5 Å². The van der Waals surface area contributed by atoms with Gasteiger partial charge in [0.1, 0.15) is 0 Å². The molecule has 5 heteroatoms. The molecule has 0 saturated carbocycles. The molecule has 0 aliphatic heterocycles. The molecule has 1 aromatic carbocycles. The third kappa shape index (κ3) is 6.10. The molecule has 0 heterocycles. The van der Waals surface area contributed by atoms with Crippen LogP contribution in [0.15, 0.2) is 30.3 Å². The number of carbonyl (C=O) groups is 1. The van der Waals surface area contributed by atoms with E-state index in [9.17, 15) is 4.79 Å². The van der Waals surface area contributed by atoms with Crippen LogP contribution in [0.1, 0.15) is 13.3 Å². The summed E-state index contributed by atoms with van der Waals surface area (Å²) in [6.45, 7) is 3.19. The molecule has 0 radical (unpaired) electrons. The number of nitrogens with zero attached hydrogens (tertiary/aromatic N) is 1. The van der Waals surface area contributed by atoms with Gasteiger partial charge in [-0.25, -0.2) is 4.79 Å². The molecule has 2 amide bonds. The fourth-order valence-electron chi connectivity index (χ4n) is 1.65. The summed E-state index contributed by atoms with van der Waals surface area (Å²) in [5.74, 6) is 0. The first-order valence-corrected chi connectivity index (χ1v) is 6.55. The zero-order valence-corrected chi connectivity index (χ0v) is 11.6. The molecule has 0 fully saturated rings. The molecule has 0 aliphatic carbocycles. The van der Waals surface area contributed by atoms with Crippen molar-refractivity contribution >= 4 is 11.7 Å². The second kappa shape index (κ2) is 8.37. The minimum atomic E-state index is -0.232. The molecule has 5 nitrogen and oxygen atoms in total. The highest BCUT2D eigenvalue weighted by Crippen LogP contribution is 2.10. The molecule has 0 aromatic heterocycles. The Morgan fingerprint density at radius 3 is 2.68 bits per heavy atom. The van der Waals surface area contributed by atoms with Crippen LogP contribution in [-0.2, 0) is 0 Å². The lowest BCUT2D eigenvalue weighted by atomic mass is 10.3. The molecule has 106 valence electrons. The maximum Gasteiger partial charge on any atom is 0.315 e. The largest absolute Gasteiger partial charge is 0.394 e. The van der Waals surface area contributed by atoms with Gasteiger partial charge in [0, 0.05) is 25.8 Å². The van der Waals surface area contributed by atoms with Gasteiger partial charge in [-0.15, -0.1) is 0 Å². The van der Waals surface area contributed by atoms with Gasteiger partial charge < -0.3 is 20.6 Å². The van der Waals surface area contributed by atoms with E-state index in [0.717, 1.165) is 13.0 Å². The predicted molar refractivity (Wildman–Crippen MR) is 77.4 cm³/mol. The number of anilines is 1. The smallest absolute Gasteiger partial charge is 0.315 e. The van der Waals surface area contributed by atoms with Gasteiger partial charge >= 0.3 is 6.03 Å². The molecule has 0 saturated heterocycles. The van der Waals surface area contributed by atoms with Crippen LogP contribution in [0.4, 0.5) is 10.5 Å². The number of benzene rings is 1. The molecule has 0 unspecified atom stereocenters. The molecular weight excluding hydrogens is 242 g/mol. The van der Waals surface area contributed by atoms with Gasteiger partial charge in [-0.05, 0) is 25.5 Å². The van der Waals surface area contributed by atoms with E-state index in [2.05, 4.69) is 27.7 Å². The van der Waals surface area contributed by atoms with E-state index in [-0.39, 0.29) is 18.7 Å². The zero-order valence-electron chi connectivity index (χ0n) is 11.6. The van der Waals surface area contributed by atoms with Crippen LogP contribution in [0.3, 0.4) is 0 Å². The highest BCUT2D eigenvalue weighted by atomic mass is 16.3. The van der Waals surface area contributed by atoms with E-state index in [4.69, 9.17) is 5.11 Å². The summed E-state index contributed by atoms with van der Waals surface area (Å²) in [5, 5.41) is 14.2. The Bertz CT molecular complexity index is 370. The number of urea groups is 1. The molecule has 1 atom stereocenters. The maximum absolute atomic E-state index is 11.4. The summed E-state index contributed by atoms with van der Waals surface area (Å²) < 4.78 is 0. The minimum absolute atomic E-state index is 0.0514. The predicted octanol–water partition coefficient (Wildman–Crippen LogP) is 1.19. The van der Waals surface area contributed by atoms with Gasteiger partial charge in [-0.1, -0.05) is 18.2 Å². The molecule has 19 heavy (non-hydrogen) atoms. The molecule has 0 spiro atoms. The summed E-state index contributed by atoms with van der Waals surface area (Å²) in [4.78, 5) is 13.5. The van der Waals surface area contributed by atoms with Crippen LogP contribution in [0.25, 0.3) is 0 Å². The second-order valence-electron chi connectivity index (χ2n) is 4.59. The van der Waals surface area contributed by atoms with Crippen LogP contribution in [0.5, 0.6) is 0 Å². The van der Waals surface area contributed by atoms with Gasteiger partial charge in [0.2, 0.25) is 0 Å². The quantitative estimate of drug-likeness (QED) is 0.649. The van der Waals surface area contributed by atoms with Crippen LogP contribution in [0.2, 0.25) is 0 Å². The van der Waals surface area contributed by atoms with E-state index in [1.54, 1.807) is 6.92 Å². The van der Waals surface area contributed by atoms with Crippen LogP contribution in [0, 0.1) is 0 Å². The Morgan fingerprint density at radius 2 is 2.05 bits per heavy atom. The van der Waals surface area contributed by atoms with Crippen LogP contribution >= 0.6 is 0 Å². The highest BCUT2D eigenvalue weighted by Gasteiger charge is 2.05. The fourth-order valence-corrected chi connectivity index (χ4v) is 1.65. The Balaban J connectivity index is 2.15. The number of hydrogen-bond acceptors (Lipinski definition) is 3. The summed E-state index contributed by atoms with van der Waals surface area (Å²) in [7, 11) is 2.03. The zero-order chi connectivity index (χ0) is 14.1. The first-order valence-electron chi connectivity index (χ1n) is 6.55. The molecule has 1 aromatic rings. The summed E-state index contributed by atoms with van der Waals surface area (Å²) in [6, 6.07) is 9.68. The SMILES string of the molecule is C[C@@H](CO)NC(=O)NCCCN(C)c1ccccc1. The van der Waals surface area contributed by atoms with Crippen molar-refractivity contribution in [1.29, 1.82) is 0 Å². The monoisotopic (exact) mass is 265 g/mol. The number of carbonyl (C=O) groups excluding carboxylic acids is 1. The van der Waals surface area contributed by atoms with E-state index in [1.165, 1.54) is 5.69 Å². The number of nitrogens with one attached hydrogen (secondary N) is 2. The topological polar surface area (TPSA) is 64.6 Å². The third-order valence-electron chi connectivity index (χ3n) is 2.80. The lowest BCUT2D eigenvalue weighted by molar-refractivity contribution is 0.220. The van der Waals surface area contributed by atoms with E-state index in [0.29, 0.717) is 6.54 Å². The lowest BCUT2D eigenvalue weighted by Gasteiger charge is -2.19. The summed E-state index contributed by atoms with van der Waals surface area (Å²) in [6.07, 6.45) is 0.867.